The van der Waals surface area contributed by atoms with E-state index in [1.54, 1.807) is 48.5 Å². The van der Waals surface area contributed by atoms with Crippen LogP contribution in [0.3, 0.4) is 0 Å². The predicted octanol–water partition coefficient (Wildman–Crippen LogP) is 4.36. The highest BCUT2D eigenvalue weighted by molar-refractivity contribution is 7.92. The highest BCUT2D eigenvalue weighted by Crippen LogP contribution is 2.31. The van der Waals surface area contributed by atoms with Crippen molar-refractivity contribution in [2.75, 3.05) is 21.5 Å². The second kappa shape index (κ2) is 10.1. The number of amides is 2. The molecule has 3 aromatic carbocycles. The SMILES string of the molecule is CC(=O)Nc1cccc(NC(=O)CCc2ccc(S(=O)(=O)N3CCCc4ccccc43)cc2)c1. The van der Waals surface area contributed by atoms with Gasteiger partial charge in [-0.25, -0.2) is 8.42 Å². The van der Waals surface area contributed by atoms with Crippen LogP contribution in [0.1, 0.15) is 30.9 Å². The average molecular weight is 478 g/mol. The summed E-state index contributed by atoms with van der Waals surface area (Å²) in [6.07, 6.45) is 2.39. The lowest BCUT2D eigenvalue weighted by molar-refractivity contribution is -0.116. The molecule has 1 aliphatic heterocycles. The van der Waals surface area contributed by atoms with Gasteiger partial charge in [0.25, 0.3) is 10.0 Å². The molecule has 3 aromatic rings. The third kappa shape index (κ3) is 5.46. The van der Waals surface area contributed by atoms with Crippen molar-refractivity contribution in [3.63, 3.8) is 0 Å². The molecule has 0 saturated heterocycles. The van der Waals surface area contributed by atoms with E-state index >= 15 is 0 Å². The molecule has 0 unspecified atom stereocenters. The van der Waals surface area contributed by atoms with Crippen LogP contribution in [0.2, 0.25) is 0 Å². The van der Waals surface area contributed by atoms with Crippen LogP contribution in [-0.4, -0.2) is 26.8 Å². The van der Waals surface area contributed by atoms with Crippen molar-refractivity contribution >= 4 is 38.9 Å². The van der Waals surface area contributed by atoms with Crippen LogP contribution in [0.25, 0.3) is 0 Å². The number of nitrogens with zero attached hydrogens (tertiary/aromatic N) is 1. The number of fused-ring (bicyclic) bond motifs is 1. The van der Waals surface area contributed by atoms with Crippen LogP contribution in [-0.2, 0) is 32.5 Å². The first-order chi connectivity index (χ1) is 16.3. The molecule has 0 bridgehead atoms. The predicted molar refractivity (Wildman–Crippen MR) is 133 cm³/mol. The van der Waals surface area contributed by atoms with E-state index in [2.05, 4.69) is 10.6 Å². The first-order valence-electron chi connectivity index (χ1n) is 11.2. The summed E-state index contributed by atoms with van der Waals surface area (Å²) in [6.45, 7) is 1.89. The largest absolute Gasteiger partial charge is 0.326 e. The van der Waals surface area contributed by atoms with Gasteiger partial charge in [0.05, 0.1) is 10.6 Å². The van der Waals surface area contributed by atoms with E-state index in [1.165, 1.54) is 11.2 Å². The van der Waals surface area contributed by atoms with E-state index in [-0.39, 0.29) is 23.1 Å². The van der Waals surface area contributed by atoms with Crippen molar-refractivity contribution < 1.29 is 18.0 Å². The molecule has 34 heavy (non-hydrogen) atoms. The Hall–Kier alpha value is -3.65. The second-order valence-corrected chi connectivity index (χ2v) is 10.1. The molecule has 4 rings (SSSR count). The summed E-state index contributed by atoms with van der Waals surface area (Å²) in [5.74, 6) is -0.347. The highest BCUT2D eigenvalue weighted by atomic mass is 32.2. The normalized spacial score (nSPS) is 13.1. The zero-order valence-electron chi connectivity index (χ0n) is 19.0. The molecule has 2 N–H and O–H groups in total. The van der Waals surface area contributed by atoms with Gasteiger partial charge in [0, 0.05) is 31.3 Å². The fourth-order valence-corrected chi connectivity index (χ4v) is 5.60. The van der Waals surface area contributed by atoms with Crippen LogP contribution >= 0.6 is 0 Å². The number of carbonyl (C=O) groups excluding carboxylic acids is 2. The Balaban J connectivity index is 1.38. The van der Waals surface area contributed by atoms with Crippen molar-refractivity contribution in [1.29, 1.82) is 0 Å². The minimum atomic E-state index is -3.65. The van der Waals surface area contributed by atoms with E-state index in [9.17, 15) is 18.0 Å². The van der Waals surface area contributed by atoms with Gasteiger partial charge in [-0.05, 0) is 66.8 Å². The zero-order valence-corrected chi connectivity index (χ0v) is 19.8. The van der Waals surface area contributed by atoms with Crippen LogP contribution in [0.5, 0.6) is 0 Å². The molecule has 176 valence electrons. The summed E-state index contributed by atoms with van der Waals surface area (Å²) in [5, 5.41) is 5.50. The fraction of sp³-hybridized carbons (Fsp3) is 0.231. The first-order valence-corrected chi connectivity index (χ1v) is 12.6. The molecule has 2 amide bonds. The Bertz CT molecular complexity index is 1300. The van der Waals surface area contributed by atoms with Gasteiger partial charge in [0.2, 0.25) is 11.8 Å². The summed E-state index contributed by atoms with van der Waals surface area (Å²) in [6, 6.07) is 21.3. The lowest BCUT2D eigenvalue weighted by Crippen LogP contribution is -2.35. The lowest BCUT2D eigenvalue weighted by Gasteiger charge is -2.30. The Labute approximate surface area is 199 Å². The van der Waals surface area contributed by atoms with E-state index in [1.807, 2.05) is 24.3 Å². The quantitative estimate of drug-likeness (QED) is 0.529. The molecular formula is C26H27N3O4S. The smallest absolute Gasteiger partial charge is 0.264 e. The number of sulfonamides is 1. The van der Waals surface area contributed by atoms with E-state index in [0.717, 1.165) is 29.7 Å². The van der Waals surface area contributed by atoms with Gasteiger partial charge in [0.15, 0.2) is 0 Å². The summed E-state index contributed by atoms with van der Waals surface area (Å²) in [4.78, 5) is 23.8. The zero-order chi connectivity index (χ0) is 24.1. The van der Waals surface area contributed by atoms with Crippen LogP contribution in [0, 0.1) is 0 Å². The average Bonchev–Trinajstić information content (AvgIpc) is 2.82. The number of anilines is 3. The number of nitrogens with one attached hydrogen (secondary N) is 2. The monoisotopic (exact) mass is 477 g/mol. The molecular weight excluding hydrogens is 450 g/mol. The van der Waals surface area contributed by atoms with Gasteiger partial charge in [-0.2, -0.15) is 0 Å². The van der Waals surface area contributed by atoms with Gasteiger partial charge in [-0.1, -0.05) is 36.4 Å². The van der Waals surface area contributed by atoms with Gasteiger partial charge in [-0.3, -0.25) is 13.9 Å². The Kier molecular flexibility index (Phi) is 6.98. The maximum Gasteiger partial charge on any atom is 0.264 e. The molecule has 1 heterocycles. The summed E-state index contributed by atoms with van der Waals surface area (Å²) in [7, 11) is -3.65. The van der Waals surface area contributed by atoms with Crippen LogP contribution in [0.15, 0.2) is 77.7 Å². The molecule has 0 spiro atoms. The Morgan fingerprint density at radius 1 is 0.912 bits per heavy atom. The number of carbonyl (C=O) groups is 2. The molecule has 0 radical (unpaired) electrons. The number of benzene rings is 3. The van der Waals surface area contributed by atoms with Gasteiger partial charge >= 0.3 is 0 Å². The number of hydrogen-bond acceptors (Lipinski definition) is 4. The summed E-state index contributed by atoms with van der Waals surface area (Å²) >= 11 is 0. The van der Waals surface area contributed by atoms with Crippen molar-refractivity contribution in [3.05, 3.63) is 83.9 Å². The molecule has 0 aromatic heterocycles. The van der Waals surface area contributed by atoms with Crippen molar-refractivity contribution in [2.45, 2.75) is 37.5 Å². The van der Waals surface area contributed by atoms with Gasteiger partial charge < -0.3 is 10.6 Å². The standard InChI is InChI=1S/C26H27N3O4S/c1-19(30)27-22-8-4-9-23(18-22)28-26(31)16-13-20-11-14-24(15-12-20)34(32,33)29-17-5-7-21-6-2-3-10-25(21)29/h2-4,6,8-12,14-15,18H,5,7,13,16-17H2,1H3,(H,27,30)(H,28,31). The number of aryl methyl sites for hydroxylation is 2. The molecule has 8 heteroatoms. The van der Waals surface area contributed by atoms with Crippen LogP contribution in [0.4, 0.5) is 17.1 Å². The van der Waals surface area contributed by atoms with E-state index in [0.29, 0.717) is 24.3 Å². The molecule has 0 fully saturated rings. The number of rotatable bonds is 7. The second-order valence-electron chi connectivity index (χ2n) is 8.26. The van der Waals surface area contributed by atoms with Gasteiger partial charge in [0.1, 0.15) is 0 Å². The molecule has 0 saturated carbocycles. The minimum absolute atomic E-state index is 0.165. The van der Waals surface area contributed by atoms with Gasteiger partial charge in [-0.15, -0.1) is 0 Å². The minimum Gasteiger partial charge on any atom is -0.326 e. The highest BCUT2D eigenvalue weighted by Gasteiger charge is 2.28. The fourth-order valence-electron chi connectivity index (χ4n) is 4.06. The van der Waals surface area contributed by atoms with E-state index in [4.69, 9.17) is 0 Å². The van der Waals surface area contributed by atoms with Crippen molar-refractivity contribution in [2.24, 2.45) is 0 Å². The number of para-hydroxylation sites is 1. The molecule has 0 atom stereocenters. The maximum atomic E-state index is 13.3. The Morgan fingerprint density at radius 3 is 2.35 bits per heavy atom. The summed E-state index contributed by atoms with van der Waals surface area (Å²) in [5.41, 5.74) is 3.87. The third-order valence-corrected chi connectivity index (χ3v) is 7.51. The summed E-state index contributed by atoms with van der Waals surface area (Å²) < 4.78 is 28.0. The van der Waals surface area contributed by atoms with Crippen molar-refractivity contribution in [1.82, 2.24) is 0 Å². The van der Waals surface area contributed by atoms with Crippen molar-refractivity contribution in [3.8, 4) is 0 Å². The number of hydrogen-bond donors (Lipinski definition) is 2. The topological polar surface area (TPSA) is 95.6 Å². The Morgan fingerprint density at radius 2 is 1.62 bits per heavy atom. The first kappa shape index (κ1) is 23.5. The maximum absolute atomic E-state index is 13.3. The molecule has 7 nitrogen and oxygen atoms in total. The van der Waals surface area contributed by atoms with Crippen LogP contribution < -0.4 is 14.9 Å². The molecule has 0 aliphatic carbocycles. The molecule has 1 aliphatic rings. The van der Waals surface area contributed by atoms with E-state index < -0.39 is 10.0 Å². The third-order valence-electron chi connectivity index (χ3n) is 5.69. The lowest BCUT2D eigenvalue weighted by atomic mass is 10.0.